The Morgan fingerprint density at radius 3 is 1.93 bits per heavy atom. The van der Waals surface area contributed by atoms with Crippen molar-refractivity contribution in [1.29, 1.82) is 0 Å². The molecule has 0 bridgehead atoms. The van der Waals surface area contributed by atoms with Crippen molar-refractivity contribution in [1.82, 2.24) is 9.55 Å². The average molecular weight is 599 g/mol. The van der Waals surface area contributed by atoms with Gasteiger partial charge in [-0.2, -0.15) is 0 Å². The fourth-order valence-electron chi connectivity index (χ4n) is 6.93. The number of para-hydroxylation sites is 3. The summed E-state index contributed by atoms with van der Waals surface area (Å²) in [5.41, 5.74) is 14.0. The number of fused-ring (bicyclic) bond motifs is 4. The van der Waals surface area contributed by atoms with Gasteiger partial charge in [-0.05, 0) is 93.0 Å². The summed E-state index contributed by atoms with van der Waals surface area (Å²) in [4.78, 5) is 5.05. The van der Waals surface area contributed by atoms with E-state index in [9.17, 15) is 5.11 Å². The molecular weight excluding hydrogens is 564 g/mol. The van der Waals surface area contributed by atoms with Crippen molar-refractivity contribution >= 4 is 11.0 Å². The third kappa shape index (κ3) is 4.70. The molecule has 4 heteroatoms. The van der Waals surface area contributed by atoms with Gasteiger partial charge in [0, 0.05) is 16.7 Å². The predicted octanol–water partition coefficient (Wildman–Crippen LogP) is 9.70. The van der Waals surface area contributed by atoms with E-state index in [-0.39, 0.29) is 18.6 Å². The molecule has 0 amide bonds. The van der Waals surface area contributed by atoms with Crippen molar-refractivity contribution in [3.05, 3.63) is 151 Å². The standard InChI is InChI=1S/C42H34N2O2/c1-42(2)37-21-19-31(26-35(37)36-27-32(20-22-38(36)42)30-9-8-12-34(25-30)46-24-23-45)28-15-17-29(18-16-28)41-43-39-13-6-7-14-40(39)44(41)33-10-4-3-5-11-33/h3-22,25-27,45H,23-24H2,1-2H3. The predicted molar refractivity (Wildman–Crippen MR) is 188 cm³/mol. The second-order valence-corrected chi connectivity index (χ2v) is 12.4. The Hall–Kier alpha value is -5.45. The Bertz CT molecular complexity index is 2210. The maximum absolute atomic E-state index is 9.18. The largest absolute Gasteiger partial charge is 0.491 e. The molecule has 7 aromatic rings. The third-order valence-corrected chi connectivity index (χ3v) is 9.25. The van der Waals surface area contributed by atoms with Crippen LogP contribution < -0.4 is 4.74 Å². The summed E-state index contributed by atoms with van der Waals surface area (Å²) in [5.74, 6) is 1.69. The SMILES string of the molecule is CC1(C)c2ccc(-c3ccc(-c4nc5ccccc5n4-c4ccccc4)cc3)cc2-c2cc(-c3cccc(OCCO)c3)ccc21. The molecule has 0 saturated heterocycles. The van der Waals surface area contributed by atoms with Crippen LogP contribution in [0.15, 0.2) is 140 Å². The molecule has 1 aromatic heterocycles. The van der Waals surface area contributed by atoms with E-state index in [0.29, 0.717) is 0 Å². The summed E-state index contributed by atoms with van der Waals surface area (Å²) in [5, 5.41) is 9.18. The van der Waals surface area contributed by atoms with Crippen LogP contribution in [0.25, 0.3) is 61.5 Å². The van der Waals surface area contributed by atoms with Crippen LogP contribution in [0.1, 0.15) is 25.0 Å². The molecule has 0 fully saturated rings. The van der Waals surface area contributed by atoms with E-state index in [1.165, 1.54) is 33.4 Å². The first-order valence-electron chi connectivity index (χ1n) is 15.8. The van der Waals surface area contributed by atoms with E-state index in [1.807, 2.05) is 30.3 Å². The Labute approximate surface area is 269 Å². The molecule has 1 aliphatic rings. The number of hydrogen-bond acceptors (Lipinski definition) is 3. The van der Waals surface area contributed by atoms with Gasteiger partial charge in [-0.1, -0.05) is 105 Å². The van der Waals surface area contributed by atoms with E-state index in [2.05, 4.69) is 128 Å². The first kappa shape index (κ1) is 28.1. The Morgan fingerprint density at radius 1 is 0.609 bits per heavy atom. The summed E-state index contributed by atoms with van der Waals surface area (Å²) in [7, 11) is 0. The first-order chi connectivity index (χ1) is 22.5. The van der Waals surface area contributed by atoms with Crippen molar-refractivity contribution in [2.24, 2.45) is 0 Å². The number of aliphatic hydroxyl groups excluding tert-OH is 1. The Morgan fingerprint density at radius 2 is 1.22 bits per heavy atom. The molecule has 0 aliphatic heterocycles. The van der Waals surface area contributed by atoms with Gasteiger partial charge in [0.05, 0.1) is 17.6 Å². The Kier molecular flexibility index (Phi) is 6.81. The van der Waals surface area contributed by atoms with E-state index in [4.69, 9.17) is 9.72 Å². The van der Waals surface area contributed by atoms with Gasteiger partial charge in [0.25, 0.3) is 0 Å². The second kappa shape index (κ2) is 11.2. The van der Waals surface area contributed by atoms with Crippen LogP contribution in [-0.2, 0) is 5.41 Å². The molecule has 0 spiro atoms. The van der Waals surface area contributed by atoms with Crippen molar-refractivity contribution in [3.63, 3.8) is 0 Å². The lowest BCUT2D eigenvalue weighted by Gasteiger charge is -2.21. The minimum atomic E-state index is -0.0891. The van der Waals surface area contributed by atoms with Gasteiger partial charge in [-0.25, -0.2) is 4.98 Å². The van der Waals surface area contributed by atoms with Gasteiger partial charge in [0.2, 0.25) is 0 Å². The topological polar surface area (TPSA) is 47.3 Å². The van der Waals surface area contributed by atoms with Crippen molar-refractivity contribution in [2.75, 3.05) is 13.2 Å². The fourth-order valence-corrected chi connectivity index (χ4v) is 6.93. The lowest BCUT2D eigenvalue weighted by atomic mass is 9.82. The van der Waals surface area contributed by atoms with Crippen LogP contribution >= 0.6 is 0 Å². The average Bonchev–Trinajstić information content (AvgIpc) is 3.60. The molecule has 0 unspecified atom stereocenters. The molecule has 0 atom stereocenters. The van der Waals surface area contributed by atoms with Crippen LogP contribution in [0.2, 0.25) is 0 Å². The molecule has 1 heterocycles. The summed E-state index contributed by atoms with van der Waals surface area (Å²) >= 11 is 0. The fraction of sp³-hybridized carbons (Fsp3) is 0.119. The maximum Gasteiger partial charge on any atom is 0.145 e. The number of benzene rings is 6. The first-order valence-corrected chi connectivity index (χ1v) is 15.8. The van der Waals surface area contributed by atoms with Gasteiger partial charge in [0.1, 0.15) is 18.2 Å². The van der Waals surface area contributed by atoms with E-state index < -0.39 is 0 Å². The van der Waals surface area contributed by atoms with Crippen molar-refractivity contribution in [2.45, 2.75) is 19.3 Å². The highest BCUT2D eigenvalue weighted by Gasteiger charge is 2.35. The molecule has 0 saturated carbocycles. The van der Waals surface area contributed by atoms with Crippen LogP contribution in [0, 0.1) is 0 Å². The van der Waals surface area contributed by atoms with E-state index in [0.717, 1.165) is 45.0 Å². The summed E-state index contributed by atoms with van der Waals surface area (Å²) in [6.45, 7) is 4.91. The van der Waals surface area contributed by atoms with Gasteiger partial charge in [0.15, 0.2) is 0 Å². The number of nitrogens with zero attached hydrogens (tertiary/aromatic N) is 2. The van der Waals surface area contributed by atoms with Gasteiger partial charge >= 0.3 is 0 Å². The van der Waals surface area contributed by atoms with Crippen LogP contribution in [0.4, 0.5) is 0 Å². The highest BCUT2D eigenvalue weighted by atomic mass is 16.5. The zero-order valence-electron chi connectivity index (χ0n) is 25.9. The zero-order chi connectivity index (χ0) is 31.3. The molecule has 4 nitrogen and oxygen atoms in total. The van der Waals surface area contributed by atoms with Gasteiger partial charge in [-0.15, -0.1) is 0 Å². The molecule has 46 heavy (non-hydrogen) atoms. The minimum absolute atomic E-state index is 0.00481. The number of aliphatic hydroxyl groups is 1. The van der Waals surface area contributed by atoms with Crippen molar-refractivity contribution < 1.29 is 9.84 Å². The lowest BCUT2D eigenvalue weighted by molar-refractivity contribution is 0.201. The zero-order valence-corrected chi connectivity index (χ0v) is 25.9. The monoisotopic (exact) mass is 598 g/mol. The number of imidazole rings is 1. The smallest absolute Gasteiger partial charge is 0.145 e. The molecule has 8 rings (SSSR count). The van der Waals surface area contributed by atoms with E-state index in [1.54, 1.807) is 0 Å². The van der Waals surface area contributed by atoms with Crippen LogP contribution in [0.5, 0.6) is 5.75 Å². The maximum atomic E-state index is 9.18. The van der Waals surface area contributed by atoms with Gasteiger partial charge < -0.3 is 9.84 Å². The quantitative estimate of drug-likeness (QED) is 0.199. The van der Waals surface area contributed by atoms with Gasteiger partial charge in [-0.3, -0.25) is 4.57 Å². The van der Waals surface area contributed by atoms with Crippen LogP contribution in [-0.4, -0.2) is 27.9 Å². The third-order valence-electron chi connectivity index (χ3n) is 9.25. The minimum Gasteiger partial charge on any atom is -0.491 e. The highest BCUT2D eigenvalue weighted by Crippen LogP contribution is 2.50. The normalized spacial score (nSPS) is 13.0. The number of aromatic nitrogens is 2. The molecule has 6 aromatic carbocycles. The Balaban J connectivity index is 1.17. The lowest BCUT2D eigenvalue weighted by Crippen LogP contribution is -2.14. The van der Waals surface area contributed by atoms with E-state index >= 15 is 0 Å². The molecule has 1 aliphatic carbocycles. The van der Waals surface area contributed by atoms with Crippen molar-refractivity contribution in [3.8, 4) is 56.2 Å². The summed E-state index contributed by atoms with van der Waals surface area (Å²) in [6, 6.07) is 49.3. The summed E-state index contributed by atoms with van der Waals surface area (Å²) < 4.78 is 7.93. The molecule has 1 N–H and O–H groups in total. The molecule has 224 valence electrons. The molecule has 0 radical (unpaired) electrons. The molecular formula is C42H34N2O2. The number of hydrogen-bond donors (Lipinski definition) is 1. The number of ether oxygens (including phenoxy) is 1. The van der Waals surface area contributed by atoms with Crippen LogP contribution in [0.3, 0.4) is 0 Å². The summed E-state index contributed by atoms with van der Waals surface area (Å²) in [6.07, 6.45) is 0. The second-order valence-electron chi connectivity index (χ2n) is 12.4. The number of rotatable bonds is 7. The highest BCUT2D eigenvalue weighted by molar-refractivity contribution is 5.88.